The van der Waals surface area contributed by atoms with Crippen LogP contribution in [0.15, 0.2) is 30.3 Å². The van der Waals surface area contributed by atoms with Crippen molar-refractivity contribution in [1.82, 2.24) is 30.2 Å². The summed E-state index contributed by atoms with van der Waals surface area (Å²) >= 11 is 1.55. The Morgan fingerprint density at radius 3 is 2.10 bits per heavy atom. The summed E-state index contributed by atoms with van der Waals surface area (Å²) in [5.41, 5.74) is 0.672. The quantitative estimate of drug-likeness (QED) is 0.0582. The van der Waals surface area contributed by atoms with Gasteiger partial charge in [0.15, 0.2) is 0 Å². The Morgan fingerprint density at radius 2 is 1.53 bits per heavy atom. The van der Waals surface area contributed by atoms with E-state index in [9.17, 15) is 43.5 Å². The van der Waals surface area contributed by atoms with Gasteiger partial charge >= 0.3 is 5.97 Å². The van der Waals surface area contributed by atoms with E-state index in [1.807, 2.05) is 71.9 Å². The third-order valence-electron chi connectivity index (χ3n) is 15.6. The minimum atomic E-state index is -1.16. The standard InChI is InChI=1S/C55H88N6O11S/c1-13-15-28-73-42-31-45(64)60(52(42)67)27-21-17-20-24-43(62)58(9)47(35(5)6)51(66)57-46(34(3)4)53(68)59(10)48(36(7)14-2)41(71-11)30-44(63)61-33-55(25-26-55)32-40(61)49(72-12)37(8)50(65)56-39(54(69)70)29-38-22-18-16-19-23-38/h16,18-19,22-23,34-37,39-42,46-49H,13-15,17,20-21,24-33H2,1-12H3,(H,56,65)(H,57,66)(H,69,70)/t36-,37+,39?,40-,41?,42?,46-,47-,48-,49?/m0/s1. The van der Waals surface area contributed by atoms with Crippen molar-refractivity contribution in [2.24, 2.45) is 29.1 Å². The van der Waals surface area contributed by atoms with Crippen molar-refractivity contribution < 1.29 is 52.9 Å². The lowest BCUT2D eigenvalue weighted by atomic mass is 9.89. The largest absolute Gasteiger partial charge is 0.480 e. The molecule has 18 heteroatoms. The van der Waals surface area contributed by atoms with Gasteiger partial charge in [0, 0.05) is 60.7 Å². The number of hydrogen-bond acceptors (Lipinski definition) is 11. The molecule has 2 heterocycles. The number of imide groups is 1. The molecule has 4 unspecified atom stereocenters. The topological polar surface area (TPSA) is 212 Å². The van der Waals surface area contributed by atoms with Crippen molar-refractivity contribution in [3.05, 3.63) is 35.9 Å². The molecule has 1 aromatic carbocycles. The number of nitrogens with one attached hydrogen (secondary N) is 2. The molecule has 0 aromatic heterocycles. The number of hydrogen-bond donors (Lipinski definition) is 3. The summed E-state index contributed by atoms with van der Waals surface area (Å²) < 4.78 is 12.1. The fraction of sp³-hybridized carbons (Fsp3) is 0.745. The second kappa shape index (κ2) is 28.4. The number of methoxy groups -OCH3 is 2. The number of carbonyl (C=O) groups is 8. The first-order chi connectivity index (χ1) is 34.6. The van der Waals surface area contributed by atoms with Crippen molar-refractivity contribution >= 4 is 59.1 Å². The molecule has 1 aromatic rings. The molecule has 4 rings (SSSR count). The highest BCUT2D eigenvalue weighted by Gasteiger charge is 2.56. The number of likely N-dealkylation sites (tertiary alicyclic amines) is 2. The SMILES string of the molecule is CCCCSC1CC(=O)N(CCCCCC(=O)N(C)[C@H](C(=O)N[C@H](C(=O)N(C)[C@H](C(CC(=O)N2CC3(CC3)C[C@H]2C(OC)[C@@H](C)C(=O)NC(Cc2ccccc2)C(=O)O)OC)[C@@H](C)CC)C(C)C)C(C)C)C1=O. The van der Waals surface area contributed by atoms with Crippen LogP contribution in [0, 0.1) is 29.1 Å². The Bertz CT molecular complexity index is 2040. The Labute approximate surface area is 439 Å². The van der Waals surface area contributed by atoms with Crippen LogP contribution < -0.4 is 10.6 Å². The molecule has 0 bridgehead atoms. The Balaban J connectivity index is 1.41. The molecule has 10 atom stereocenters. The summed E-state index contributed by atoms with van der Waals surface area (Å²) in [4.78, 5) is 115. The molecule has 1 saturated carbocycles. The van der Waals surface area contributed by atoms with Crippen LogP contribution in [0.4, 0.5) is 0 Å². The highest BCUT2D eigenvalue weighted by Crippen LogP contribution is 2.56. The molecule has 2 saturated heterocycles. The molecule has 1 aliphatic carbocycles. The van der Waals surface area contributed by atoms with E-state index in [1.54, 1.807) is 42.6 Å². The van der Waals surface area contributed by atoms with Gasteiger partial charge in [-0.3, -0.25) is 38.5 Å². The molecule has 1 spiro atoms. The molecule has 3 N–H and O–H groups in total. The third kappa shape index (κ3) is 16.2. The lowest BCUT2D eigenvalue weighted by Gasteiger charge is -2.41. The van der Waals surface area contributed by atoms with Gasteiger partial charge in [-0.05, 0) is 73.0 Å². The average molecular weight is 1040 g/mol. The van der Waals surface area contributed by atoms with Gasteiger partial charge in [0.2, 0.25) is 41.4 Å². The zero-order valence-corrected chi connectivity index (χ0v) is 46.7. The fourth-order valence-corrected chi connectivity index (χ4v) is 12.0. The molecule has 0 radical (unpaired) electrons. The number of thioether (sulfide) groups is 1. The van der Waals surface area contributed by atoms with Crippen molar-refractivity contribution in [3.63, 3.8) is 0 Å². The summed E-state index contributed by atoms with van der Waals surface area (Å²) in [5.74, 6) is -3.87. The number of benzene rings is 1. The maximum Gasteiger partial charge on any atom is 0.326 e. The first-order valence-corrected chi connectivity index (χ1v) is 27.8. The molecule has 2 aliphatic heterocycles. The first kappa shape index (κ1) is 61.0. The monoisotopic (exact) mass is 1040 g/mol. The Kier molecular flexibility index (Phi) is 23.7. The van der Waals surface area contributed by atoms with E-state index in [1.165, 1.54) is 24.0 Å². The lowest BCUT2D eigenvalue weighted by Crippen LogP contribution is -2.60. The minimum Gasteiger partial charge on any atom is -0.480 e. The maximum absolute atomic E-state index is 14.7. The predicted octanol–water partition coefficient (Wildman–Crippen LogP) is 5.95. The maximum atomic E-state index is 14.7. The van der Waals surface area contributed by atoms with Crippen LogP contribution in [0.1, 0.15) is 138 Å². The number of ether oxygens (including phenoxy) is 2. The second-order valence-electron chi connectivity index (χ2n) is 21.7. The van der Waals surface area contributed by atoms with E-state index in [0.717, 1.165) is 37.0 Å². The molecule has 3 fully saturated rings. The summed E-state index contributed by atoms with van der Waals surface area (Å²) in [6.07, 6.45) is 5.87. The normalized spacial score (nSPS) is 20.6. The number of unbranched alkanes of at least 4 members (excludes halogenated alkanes) is 3. The van der Waals surface area contributed by atoms with E-state index in [4.69, 9.17) is 9.47 Å². The Hall–Kier alpha value is -4.55. The molecule has 17 nitrogen and oxygen atoms in total. The van der Waals surface area contributed by atoms with Crippen LogP contribution in [-0.2, 0) is 54.3 Å². The first-order valence-electron chi connectivity index (χ1n) is 26.8. The second-order valence-corrected chi connectivity index (χ2v) is 23.0. The van der Waals surface area contributed by atoms with Gasteiger partial charge in [-0.1, -0.05) is 105 Å². The average Bonchev–Trinajstić information content (AvgIpc) is 3.93. The van der Waals surface area contributed by atoms with Crippen LogP contribution in [-0.4, -0.2) is 167 Å². The molecule has 410 valence electrons. The van der Waals surface area contributed by atoms with Gasteiger partial charge in [-0.15, -0.1) is 11.8 Å². The van der Waals surface area contributed by atoms with Crippen molar-refractivity contribution in [2.75, 3.05) is 47.2 Å². The smallest absolute Gasteiger partial charge is 0.326 e. The van der Waals surface area contributed by atoms with Gasteiger partial charge in [0.25, 0.3) is 0 Å². The molecular formula is C55H88N6O11S. The van der Waals surface area contributed by atoms with E-state index in [-0.39, 0.29) is 83.6 Å². The number of likely N-dealkylation sites (N-methyl/N-ethyl adjacent to an activating group) is 2. The van der Waals surface area contributed by atoms with Crippen LogP contribution in [0.2, 0.25) is 0 Å². The van der Waals surface area contributed by atoms with Crippen LogP contribution >= 0.6 is 11.8 Å². The van der Waals surface area contributed by atoms with E-state index in [0.29, 0.717) is 45.2 Å². The Morgan fingerprint density at radius 1 is 0.863 bits per heavy atom. The van der Waals surface area contributed by atoms with Gasteiger partial charge in [0.05, 0.1) is 41.9 Å². The van der Waals surface area contributed by atoms with Gasteiger partial charge in [-0.2, -0.15) is 0 Å². The van der Waals surface area contributed by atoms with Crippen molar-refractivity contribution in [1.29, 1.82) is 0 Å². The lowest BCUT2D eigenvalue weighted by molar-refractivity contribution is -0.149. The highest BCUT2D eigenvalue weighted by molar-refractivity contribution is 8.00. The van der Waals surface area contributed by atoms with Crippen molar-refractivity contribution in [2.45, 2.75) is 187 Å². The van der Waals surface area contributed by atoms with E-state index in [2.05, 4.69) is 17.6 Å². The number of carboxylic acids is 1. The number of carbonyl (C=O) groups excluding carboxylic acids is 7. The molecular weight excluding hydrogens is 953 g/mol. The van der Waals surface area contributed by atoms with Gasteiger partial charge < -0.3 is 39.9 Å². The number of aliphatic carboxylic acids is 1. The summed E-state index contributed by atoms with van der Waals surface area (Å²) in [5, 5.41) is 15.4. The third-order valence-corrected chi connectivity index (χ3v) is 16.9. The summed E-state index contributed by atoms with van der Waals surface area (Å²) in [7, 11) is 6.31. The van der Waals surface area contributed by atoms with Gasteiger partial charge in [0.1, 0.15) is 18.1 Å². The van der Waals surface area contributed by atoms with Crippen LogP contribution in [0.3, 0.4) is 0 Å². The van der Waals surface area contributed by atoms with Crippen LogP contribution in [0.5, 0.6) is 0 Å². The van der Waals surface area contributed by atoms with E-state index >= 15 is 0 Å². The number of nitrogens with zero attached hydrogens (tertiary/aromatic N) is 4. The van der Waals surface area contributed by atoms with E-state index < -0.39 is 66.1 Å². The molecule has 7 amide bonds. The number of carboxylic acid groups (broad SMARTS) is 1. The van der Waals surface area contributed by atoms with Crippen molar-refractivity contribution in [3.8, 4) is 0 Å². The molecule has 73 heavy (non-hydrogen) atoms. The number of rotatable bonds is 31. The summed E-state index contributed by atoms with van der Waals surface area (Å²) in [6, 6.07) is 5.03. The summed E-state index contributed by atoms with van der Waals surface area (Å²) in [6.45, 7) is 16.0. The fourth-order valence-electron chi connectivity index (χ4n) is 10.8. The zero-order chi connectivity index (χ0) is 54.3. The minimum absolute atomic E-state index is 0.0703. The highest BCUT2D eigenvalue weighted by atomic mass is 32.2. The predicted molar refractivity (Wildman–Crippen MR) is 282 cm³/mol. The van der Waals surface area contributed by atoms with Crippen LogP contribution in [0.25, 0.3) is 0 Å². The van der Waals surface area contributed by atoms with Gasteiger partial charge in [-0.25, -0.2) is 4.79 Å². The zero-order valence-electron chi connectivity index (χ0n) is 45.9. The number of amides is 7. The molecule has 3 aliphatic rings.